The molecular weight excluding hydrogens is 517 g/mol. The zero-order valence-electron chi connectivity index (χ0n) is 16.6. The van der Waals surface area contributed by atoms with E-state index < -0.39 is 18.2 Å². The monoisotopic (exact) mass is 533 g/mol. The van der Waals surface area contributed by atoms with Gasteiger partial charge in [-0.05, 0) is 48.0 Å². The summed E-state index contributed by atoms with van der Waals surface area (Å²) in [5, 5.41) is 7.18. The van der Waals surface area contributed by atoms with Crippen molar-refractivity contribution in [3.8, 4) is 5.75 Å². The molecule has 164 valence electrons. The van der Waals surface area contributed by atoms with Crippen LogP contribution in [0.1, 0.15) is 17.5 Å². The van der Waals surface area contributed by atoms with Gasteiger partial charge in [0.2, 0.25) is 11.8 Å². The fourth-order valence-electron chi connectivity index (χ4n) is 2.60. The van der Waals surface area contributed by atoms with E-state index in [2.05, 4.69) is 31.8 Å². The maximum absolute atomic E-state index is 12.0. The van der Waals surface area contributed by atoms with Crippen LogP contribution in [-0.2, 0) is 16.2 Å². The second-order valence-corrected chi connectivity index (χ2v) is 8.33. The van der Waals surface area contributed by atoms with E-state index in [4.69, 9.17) is 27.9 Å². The van der Waals surface area contributed by atoms with Gasteiger partial charge in [-0.3, -0.25) is 9.59 Å². The quantitative estimate of drug-likeness (QED) is 0.217. The summed E-state index contributed by atoms with van der Waals surface area (Å²) in [7, 11) is 0. The normalized spacial score (nSPS) is 10.7. The lowest BCUT2D eigenvalue weighted by atomic mass is 10.2. The minimum absolute atomic E-state index is 0.305. The fraction of sp³-hybridized carbons (Fsp3) is 0.0870. The molecule has 0 unspecified atom stereocenters. The first-order chi connectivity index (χ1) is 15.4. The molecule has 3 aromatic carbocycles. The lowest BCUT2D eigenvalue weighted by molar-refractivity contribution is -0.126. The number of ether oxygens (including phenoxy) is 1. The zero-order chi connectivity index (χ0) is 22.9. The number of nitrogens with one attached hydrogen (secondary N) is 2. The largest absolute Gasteiger partial charge is 0.488 e. The Labute approximate surface area is 203 Å². The number of amides is 2. The Morgan fingerprint density at radius 2 is 1.72 bits per heavy atom. The molecule has 6 nitrogen and oxygen atoms in total. The summed E-state index contributed by atoms with van der Waals surface area (Å²) in [5.41, 5.74) is 4.48. The molecule has 0 saturated heterocycles. The van der Waals surface area contributed by atoms with Gasteiger partial charge in [-0.1, -0.05) is 63.4 Å². The molecule has 3 rings (SSSR count). The molecule has 0 aliphatic heterocycles. The van der Waals surface area contributed by atoms with Gasteiger partial charge in [0.05, 0.1) is 16.3 Å². The van der Waals surface area contributed by atoms with Crippen molar-refractivity contribution < 1.29 is 14.3 Å². The highest BCUT2D eigenvalue weighted by molar-refractivity contribution is 9.10. The van der Waals surface area contributed by atoms with E-state index in [9.17, 15) is 9.59 Å². The van der Waals surface area contributed by atoms with Crippen molar-refractivity contribution >= 4 is 62.8 Å². The van der Waals surface area contributed by atoms with Gasteiger partial charge in [-0.15, -0.1) is 0 Å². The predicted molar refractivity (Wildman–Crippen MR) is 130 cm³/mol. The summed E-state index contributed by atoms with van der Waals surface area (Å²) >= 11 is 15.2. The van der Waals surface area contributed by atoms with E-state index in [0.717, 1.165) is 10.0 Å². The number of hydrazone groups is 1. The standard InChI is InChI=1S/C23H18BrCl2N3O3/c24-17-7-5-15(6-8-17)14-32-21-4-2-1-3-16(21)13-27-29-23(31)12-22(30)28-18-9-10-19(25)20(26)11-18/h1-11,13H,12,14H2,(H,28,30)(H,29,31). The first kappa shape index (κ1) is 23.8. The number of hydrogen-bond acceptors (Lipinski definition) is 4. The molecule has 0 fully saturated rings. The van der Waals surface area contributed by atoms with Crippen LogP contribution in [0.2, 0.25) is 10.0 Å². The molecule has 0 atom stereocenters. The van der Waals surface area contributed by atoms with Crippen LogP contribution in [0.4, 0.5) is 5.69 Å². The van der Waals surface area contributed by atoms with E-state index >= 15 is 0 Å². The molecule has 9 heteroatoms. The van der Waals surface area contributed by atoms with Gasteiger partial charge in [0, 0.05) is 15.7 Å². The van der Waals surface area contributed by atoms with Crippen LogP contribution in [0.15, 0.2) is 76.3 Å². The van der Waals surface area contributed by atoms with Crippen LogP contribution >= 0.6 is 39.1 Å². The molecule has 2 amide bonds. The number of hydrogen-bond donors (Lipinski definition) is 2. The average molecular weight is 535 g/mol. The Hall–Kier alpha value is -2.87. The van der Waals surface area contributed by atoms with Gasteiger partial charge in [-0.2, -0.15) is 5.10 Å². The Morgan fingerprint density at radius 1 is 0.969 bits per heavy atom. The minimum Gasteiger partial charge on any atom is -0.488 e. The number of benzene rings is 3. The third kappa shape index (κ3) is 7.37. The highest BCUT2D eigenvalue weighted by Gasteiger charge is 2.10. The van der Waals surface area contributed by atoms with E-state index in [1.807, 2.05) is 48.5 Å². The minimum atomic E-state index is -0.563. The molecule has 0 aromatic heterocycles. The number of nitrogens with zero attached hydrogens (tertiary/aromatic N) is 1. The Balaban J connectivity index is 1.51. The molecule has 0 heterocycles. The van der Waals surface area contributed by atoms with Crippen molar-refractivity contribution in [2.75, 3.05) is 5.32 Å². The molecule has 32 heavy (non-hydrogen) atoms. The SMILES string of the molecule is O=C(CC(=O)Nc1ccc(Cl)c(Cl)c1)NN=Cc1ccccc1OCc1ccc(Br)cc1. The Kier molecular flexibility index (Phi) is 8.67. The summed E-state index contributed by atoms with van der Waals surface area (Å²) in [6, 6.07) is 19.8. The van der Waals surface area contributed by atoms with Crippen molar-refractivity contribution in [3.63, 3.8) is 0 Å². The molecule has 0 aliphatic carbocycles. The van der Waals surface area contributed by atoms with Crippen molar-refractivity contribution in [1.29, 1.82) is 0 Å². The van der Waals surface area contributed by atoms with Crippen LogP contribution in [0.3, 0.4) is 0 Å². The summed E-state index contributed by atoms with van der Waals surface area (Å²) in [6.07, 6.45) is 1.06. The van der Waals surface area contributed by atoms with E-state index in [1.165, 1.54) is 12.3 Å². The summed E-state index contributed by atoms with van der Waals surface area (Å²) in [6.45, 7) is 0.388. The van der Waals surface area contributed by atoms with Crippen LogP contribution in [0.25, 0.3) is 0 Å². The third-order valence-corrected chi connectivity index (χ3v) is 5.41. The zero-order valence-corrected chi connectivity index (χ0v) is 19.7. The smallest absolute Gasteiger partial charge is 0.249 e. The molecule has 0 bridgehead atoms. The van der Waals surface area contributed by atoms with E-state index in [0.29, 0.717) is 33.7 Å². The van der Waals surface area contributed by atoms with Crippen molar-refractivity contribution in [2.45, 2.75) is 13.0 Å². The number of carbonyl (C=O) groups excluding carboxylic acids is 2. The fourth-order valence-corrected chi connectivity index (χ4v) is 3.16. The lowest BCUT2D eigenvalue weighted by Gasteiger charge is -2.09. The van der Waals surface area contributed by atoms with Gasteiger partial charge in [0.25, 0.3) is 0 Å². The van der Waals surface area contributed by atoms with Crippen LogP contribution in [0.5, 0.6) is 5.75 Å². The van der Waals surface area contributed by atoms with Gasteiger partial charge < -0.3 is 10.1 Å². The van der Waals surface area contributed by atoms with E-state index in [1.54, 1.807) is 12.1 Å². The Morgan fingerprint density at radius 3 is 2.47 bits per heavy atom. The number of anilines is 1. The lowest BCUT2D eigenvalue weighted by Crippen LogP contribution is -2.24. The predicted octanol–water partition coefficient (Wildman–Crippen LogP) is 5.81. The number of para-hydroxylation sites is 1. The second-order valence-electron chi connectivity index (χ2n) is 6.60. The van der Waals surface area contributed by atoms with Gasteiger partial charge in [-0.25, -0.2) is 5.43 Å². The molecular formula is C23H18BrCl2N3O3. The van der Waals surface area contributed by atoms with Gasteiger partial charge in [0.1, 0.15) is 18.8 Å². The van der Waals surface area contributed by atoms with Crippen LogP contribution in [0, 0.1) is 0 Å². The van der Waals surface area contributed by atoms with Crippen LogP contribution in [-0.4, -0.2) is 18.0 Å². The maximum Gasteiger partial charge on any atom is 0.249 e. The Bertz CT molecular complexity index is 1140. The summed E-state index contributed by atoms with van der Waals surface area (Å²) < 4.78 is 6.86. The van der Waals surface area contributed by atoms with Gasteiger partial charge in [0.15, 0.2) is 0 Å². The summed E-state index contributed by atoms with van der Waals surface area (Å²) in [4.78, 5) is 24.0. The molecule has 0 saturated carbocycles. The average Bonchev–Trinajstić information content (AvgIpc) is 2.76. The number of rotatable bonds is 8. The molecule has 0 spiro atoms. The third-order valence-electron chi connectivity index (χ3n) is 4.14. The molecule has 0 aliphatic rings. The first-order valence-electron chi connectivity index (χ1n) is 9.44. The maximum atomic E-state index is 12.0. The van der Waals surface area contributed by atoms with Gasteiger partial charge >= 0.3 is 0 Å². The second kappa shape index (κ2) is 11.7. The highest BCUT2D eigenvalue weighted by atomic mass is 79.9. The topological polar surface area (TPSA) is 79.8 Å². The van der Waals surface area contributed by atoms with Crippen LogP contribution < -0.4 is 15.5 Å². The van der Waals surface area contributed by atoms with Crippen molar-refractivity contribution in [1.82, 2.24) is 5.43 Å². The number of carbonyl (C=O) groups is 2. The van der Waals surface area contributed by atoms with E-state index in [-0.39, 0.29) is 0 Å². The van der Waals surface area contributed by atoms with Crippen molar-refractivity contribution in [2.24, 2.45) is 5.10 Å². The molecule has 0 radical (unpaired) electrons. The summed E-state index contributed by atoms with van der Waals surface area (Å²) in [5.74, 6) is -0.452. The molecule has 3 aromatic rings. The first-order valence-corrected chi connectivity index (χ1v) is 11.0. The highest BCUT2D eigenvalue weighted by Crippen LogP contribution is 2.25. The van der Waals surface area contributed by atoms with Crippen molar-refractivity contribution in [3.05, 3.63) is 92.4 Å². The molecule has 2 N–H and O–H groups in total. The number of halogens is 3.